The smallest absolute Gasteiger partial charge is 0.185 e. The van der Waals surface area contributed by atoms with Gasteiger partial charge < -0.3 is 9.47 Å². The van der Waals surface area contributed by atoms with Crippen molar-refractivity contribution >= 4 is 11.9 Å². The summed E-state index contributed by atoms with van der Waals surface area (Å²) in [4.78, 5) is 15.3. The number of benzene rings is 3. The summed E-state index contributed by atoms with van der Waals surface area (Å²) in [6.45, 7) is 3.10. The first-order valence-corrected chi connectivity index (χ1v) is 11.9. The first-order chi connectivity index (χ1) is 16.6. The van der Waals surface area contributed by atoms with Crippen LogP contribution in [0.15, 0.2) is 78.9 Å². The summed E-state index contributed by atoms with van der Waals surface area (Å²) in [7, 11) is 3.21. The minimum Gasteiger partial charge on any atom is -0.493 e. The first kappa shape index (κ1) is 23.8. The van der Waals surface area contributed by atoms with Crippen LogP contribution in [0.4, 0.5) is 0 Å². The van der Waals surface area contributed by atoms with Crippen molar-refractivity contribution in [3.05, 3.63) is 101 Å². The molecule has 0 N–H and O–H groups in total. The number of hydrogen-bond donors (Lipinski definition) is 0. The van der Waals surface area contributed by atoms with Crippen molar-refractivity contribution in [2.45, 2.75) is 25.8 Å². The van der Waals surface area contributed by atoms with Crippen LogP contribution in [0.5, 0.6) is 11.5 Å². The van der Waals surface area contributed by atoms with E-state index in [9.17, 15) is 4.79 Å². The molecule has 4 nitrogen and oxygen atoms in total. The number of hydrogen-bond acceptors (Lipinski definition) is 4. The Morgan fingerprint density at radius 3 is 2.35 bits per heavy atom. The summed E-state index contributed by atoms with van der Waals surface area (Å²) >= 11 is 0. The summed E-state index contributed by atoms with van der Waals surface area (Å²) in [5.41, 5.74) is 4.23. The number of piperidine rings is 1. The molecule has 4 rings (SSSR count). The number of nitrogens with zero attached hydrogens (tertiary/aromatic N) is 1. The molecule has 1 saturated heterocycles. The number of carbonyl (C=O) groups excluding carboxylic acids is 1. The Balaban J connectivity index is 1.32. The van der Waals surface area contributed by atoms with E-state index in [1.165, 1.54) is 30.4 Å². The Morgan fingerprint density at radius 1 is 0.882 bits per heavy atom. The van der Waals surface area contributed by atoms with Crippen molar-refractivity contribution in [2.75, 3.05) is 27.3 Å². The molecule has 0 aliphatic carbocycles. The van der Waals surface area contributed by atoms with Gasteiger partial charge >= 0.3 is 0 Å². The number of allylic oxidation sites excluding steroid dienone is 1. The molecule has 1 fully saturated rings. The third kappa shape index (κ3) is 6.36. The lowest BCUT2D eigenvalue weighted by Gasteiger charge is -2.32. The zero-order valence-corrected chi connectivity index (χ0v) is 20.1. The van der Waals surface area contributed by atoms with Crippen LogP contribution in [0, 0.1) is 5.92 Å². The van der Waals surface area contributed by atoms with Gasteiger partial charge in [0.2, 0.25) is 0 Å². The minimum atomic E-state index is -0.00166. The molecule has 4 heteroatoms. The van der Waals surface area contributed by atoms with Gasteiger partial charge in [-0.15, -0.1) is 0 Å². The number of ether oxygens (including phenoxy) is 2. The van der Waals surface area contributed by atoms with Crippen molar-refractivity contribution < 1.29 is 14.3 Å². The van der Waals surface area contributed by atoms with Gasteiger partial charge in [-0.1, -0.05) is 60.7 Å². The highest BCUT2D eigenvalue weighted by atomic mass is 16.5. The highest BCUT2D eigenvalue weighted by molar-refractivity contribution is 6.06. The van der Waals surface area contributed by atoms with Crippen LogP contribution < -0.4 is 9.47 Å². The molecule has 0 saturated carbocycles. The zero-order valence-electron chi connectivity index (χ0n) is 20.1. The third-order valence-electron chi connectivity index (χ3n) is 6.53. The van der Waals surface area contributed by atoms with Crippen LogP contribution >= 0.6 is 0 Å². The maximum Gasteiger partial charge on any atom is 0.185 e. The number of methoxy groups -OCH3 is 2. The molecule has 0 unspecified atom stereocenters. The molecule has 3 aromatic rings. The van der Waals surface area contributed by atoms with E-state index in [0.29, 0.717) is 17.1 Å². The molecule has 0 atom stereocenters. The summed E-state index contributed by atoms with van der Waals surface area (Å²) in [5, 5.41) is 0. The first-order valence-electron chi connectivity index (χ1n) is 11.9. The summed E-state index contributed by atoms with van der Waals surface area (Å²) < 4.78 is 10.6. The average Bonchev–Trinajstić information content (AvgIpc) is 2.89. The van der Waals surface area contributed by atoms with Crippen LogP contribution in [0.2, 0.25) is 0 Å². The van der Waals surface area contributed by atoms with E-state index >= 15 is 0 Å². The molecule has 176 valence electrons. The molecule has 1 aliphatic rings. The normalized spacial score (nSPS) is 14.9. The second-order valence-corrected chi connectivity index (χ2v) is 8.92. The number of carbonyl (C=O) groups is 1. The Kier molecular flexibility index (Phi) is 8.16. The SMILES string of the molecule is COc1ccc(/C=C/C(=O)c2cccc(CN3CCC(Cc4ccccc4)CC3)c2)cc1OC. The van der Waals surface area contributed by atoms with Gasteiger partial charge in [0.05, 0.1) is 14.2 Å². The van der Waals surface area contributed by atoms with E-state index in [2.05, 4.69) is 41.3 Å². The molecule has 0 spiro atoms. The molecule has 3 aromatic carbocycles. The maximum absolute atomic E-state index is 12.8. The largest absolute Gasteiger partial charge is 0.493 e. The lowest BCUT2D eigenvalue weighted by atomic mass is 9.90. The Hall–Kier alpha value is -3.37. The van der Waals surface area contributed by atoms with Crippen molar-refractivity contribution in [1.82, 2.24) is 4.90 Å². The Morgan fingerprint density at radius 2 is 1.62 bits per heavy atom. The van der Waals surface area contributed by atoms with Crippen molar-refractivity contribution in [3.8, 4) is 11.5 Å². The molecule has 0 aromatic heterocycles. The highest BCUT2D eigenvalue weighted by Crippen LogP contribution is 2.28. The van der Waals surface area contributed by atoms with Gasteiger partial charge in [-0.2, -0.15) is 0 Å². The molecule has 0 radical (unpaired) electrons. The quantitative estimate of drug-likeness (QED) is 0.291. The zero-order chi connectivity index (χ0) is 23.8. The lowest BCUT2D eigenvalue weighted by molar-refractivity contribution is 0.104. The monoisotopic (exact) mass is 455 g/mol. The van der Waals surface area contributed by atoms with Crippen LogP contribution in [-0.2, 0) is 13.0 Å². The van der Waals surface area contributed by atoms with E-state index < -0.39 is 0 Å². The number of ketones is 1. The van der Waals surface area contributed by atoms with Gasteiger partial charge in [0.1, 0.15) is 0 Å². The maximum atomic E-state index is 12.8. The third-order valence-corrected chi connectivity index (χ3v) is 6.53. The fourth-order valence-electron chi connectivity index (χ4n) is 4.60. The van der Waals surface area contributed by atoms with Gasteiger partial charge in [0.15, 0.2) is 17.3 Å². The average molecular weight is 456 g/mol. The molecular formula is C30H33NO3. The van der Waals surface area contributed by atoms with Crippen molar-refractivity contribution in [1.29, 1.82) is 0 Å². The fourth-order valence-corrected chi connectivity index (χ4v) is 4.60. The summed E-state index contributed by atoms with van der Waals surface area (Å²) in [6.07, 6.45) is 7.05. The molecule has 1 heterocycles. The molecule has 0 amide bonds. The van der Waals surface area contributed by atoms with Gasteiger partial charge in [-0.05, 0) is 79.2 Å². The fraction of sp³-hybridized carbons (Fsp3) is 0.300. The lowest BCUT2D eigenvalue weighted by Crippen LogP contribution is -2.33. The van der Waals surface area contributed by atoms with Crippen LogP contribution in [0.1, 0.15) is 39.9 Å². The van der Waals surface area contributed by atoms with Crippen molar-refractivity contribution in [3.63, 3.8) is 0 Å². The van der Waals surface area contributed by atoms with Crippen molar-refractivity contribution in [2.24, 2.45) is 5.92 Å². The topological polar surface area (TPSA) is 38.8 Å². The van der Waals surface area contributed by atoms with Crippen LogP contribution in [0.25, 0.3) is 6.08 Å². The van der Waals surface area contributed by atoms with E-state index in [1.54, 1.807) is 20.3 Å². The van der Waals surface area contributed by atoms with E-state index in [1.807, 2.05) is 42.5 Å². The predicted molar refractivity (Wildman–Crippen MR) is 137 cm³/mol. The van der Waals surface area contributed by atoms with E-state index in [4.69, 9.17) is 9.47 Å². The second kappa shape index (κ2) is 11.7. The molecule has 0 bridgehead atoms. The minimum absolute atomic E-state index is 0.00166. The predicted octanol–water partition coefficient (Wildman–Crippen LogP) is 6.05. The Labute approximate surface area is 202 Å². The summed E-state index contributed by atoms with van der Waals surface area (Å²) in [6, 6.07) is 24.4. The van der Waals surface area contributed by atoms with E-state index in [-0.39, 0.29) is 5.78 Å². The van der Waals surface area contributed by atoms with Gasteiger partial charge in [0.25, 0.3) is 0 Å². The number of rotatable bonds is 9. The van der Waals surface area contributed by atoms with Gasteiger partial charge in [0, 0.05) is 12.1 Å². The molecule has 1 aliphatic heterocycles. The van der Waals surface area contributed by atoms with Crippen LogP contribution in [0.3, 0.4) is 0 Å². The molecule has 34 heavy (non-hydrogen) atoms. The highest BCUT2D eigenvalue weighted by Gasteiger charge is 2.19. The number of likely N-dealkylation sites (tertiary alicyclic amines) is 1. The molecular weight excluding hydrogens is 422 g/mol. The second-order valence-electron chi connectivity index (χ2n) is 8.92. The van der Waals surface area contributed by atoms with Crippen LogP contribution in [-0.4, -0.2) is 38.0 Å². The van der Waals surface area contributed by atoms with Gasteiger partial charge in [-0.25, -0.2) is 0 Å². The summed E-state index contributed by atoms with van der Waals surface area (Å²) in [5.74, 6) is 2.07. The van der Waals surface area contributed by atoms with Gasteiger partial charge in [-0.3, -0.25) is 9.69 Å². The Bertz CT molecular complexity index is 1110. The van der Waals surface area contributed by atoms with E-state index in [0.717, 1.165) is 31.1 Å². The standard InChI is InChI=1S/C30H33NO3/c1-33-29-14-12-24(21-30(29)34-2)11-13-28(32)27-10-6-9-26(20-27)22-31-17-15-25(16-18-31)19-23-7-4-3-5-8-23/h3-14,20-21,25H,15-19,22H2,1-2H3/b13-11+.